The number of rotatable bonds is 5. The first-order valence-electron chi connectivity index (χ1n) is 11.4. The van der Waals surface area contributed by atoms with E-state index < -0.39 is 0 Å². The Kier molecular flexibility index (Phi) is 5.95. The first-order valence-corrected chi connectivity index (χ1v) is 11.4. The zero-order valence-electron chi connectivity index (χ0n) is 18.9. The summed E-state index contributed by atoms with van der Waals surface area (Å²) in [6, 6.07) is 15.9. The molecule has 2 aromatic heterocycles. The number of aryl methyl sites for hydroxylation is 2. The fourth-order valence-corrected chi connectivity index (χ4v) is 4.13. The molecular weight excluding hydrogens is 430 g/mol. The van der Waals surface area contributed by atoms with Crippen molar-refractivity contribution in [3.05, 3.63) is 83.6 Å². The minimum Gasteiger partial charge on any atom is -0.459 e. The molecular formula is C26H25N5O3. The molecule has 0 radical (unpaired) electrons. The van der Waals surface area contributed by atoms with E-state index in [2.05, 4.69) is 25.4 Å². The highest BCUT2D eigenvalue weighted by molar-refractivity contribution is 6.07. The van der Waals surface area contributed by atoms with Crippen LogP contribution in [0.2, 0.25) is 0 Å². The number of amides is 2. The predicted molar refractivity (Wildman–Crippen MR) is 129 cm³/mol. The van der Waals surface area contributed by atoms with Crippen molar-refractivity contribution in [3.63, 3.8) is 0 Å². The fraction of sp³-hybridized carbons (Fsp3) is 0.231. The van der Waals surface area contributed by atoms with E-state index in [4.69, 9.17) is 4.42 Å². The highest BCUT2D eigenvalue weighted by atomic mass is 16.3. The first-order chi connectivity index (χ1) is 16.6. The summed E-state index contributed by atoms with van der Waals surface area (Å²) in [6.45, 7) is 2.85. The van der Waals surface area contributed by atoms with Gasteiger partial charge in [0.1, 0.15) is 5.82 Å². The number of anilines is 2. The second-order valence-electron chi connectivity index (χ2n) is 8.40. The topological polar surface area (TPSA) is 102 Å². The van der Waals surface area contributed by atoms with E-state index in [-0.39, 0.29) is 17.6 Å². The summed E-state index contributed by atoms with van der Waals surface area (Å²) < 4.78 is 7.31. The van der Waals surface area contributed by atoms with E-state index in [1.807, 2.05) is 25.1 Å². The molecule has 34 heavy (non-hydrogen) atoms. The van der Waals surface area contributed by atoms with Gasteiger partial charge in [0.2, 0.25) is 0 Å². The van der Waals surface area contributed by atoms with Gasteiger partial charge in [0.05, 0.1) is 6.26 Å². The molecule has 0 unspecified atom stereocenters. The smallest absolute Gasteiger partial charge is 0.291 e. The Morgan fingerprint density at radius 3 is 2.71 bits per heavy atom. The Hall–Kier alpha value is -4.20. The van der Waals surface area contributed by atoms with Crippen LogP contribution in [0.3, 0.4) is 0 Å². The van der Waals surface area contributed by atoms with E-state index >= 15 is 0 Å². The van der Waals surface area contributed by atoms with Crippen molar-refractivity contribution < 1.29 is 14.0 Å². The Labute approximate surface area is 197 Å². The molecule has 1 aliphatic rings. The lowest BCUT2D eigenvalue weighted by atomic mass is 10.1. The zero-order chi connectivity index (χ0) is 23.5. The summed E-state index contributed by atoms with van der Waals surface area (Å²) >= 11 is 0. The molecule has 8 nitrogen and oxygen atoms in total. The van der Waals surface area contributed by atoms with E-state index in [0.717, 1.165) is 48.6 Å². The van der Waals surface area contributed by atoms with Gasteiger partial charge in [0.15, 0.2) is 11.6 Å². The maximum Gasteiger partial charge on any atom is 0.291 e. The molecule has 1 aliphatic heterocycles. The molecule has 172 valence electrons. The molecule has 0 fully saturated rings. The Bertz CT molecular complexity index is 1340. The van der Waals surface area contributed by atoms with Gasteiger partial charge >= 0.3 is 0 Å². The minimum absolute atomic E-state index is 0.202. The third-order valence-corrected chi connectivity index (χ3v) is 5.98. The van der Waals surface area contributed by atoms with Crippen molar-refractivity contribution in [3.8, 4) is 11.4 Å². The standard InChI is InChI=1S/C26H25N5O3/c1-17-11-12-18(24-30-29-23-10-3-2-4-13-31(23)24)16-21(17)28-25(32)19-7-5-8-20(15-19)27-26(33)22-9-6-14-34-22/h5-9,11-12,14-16H,2-4,10,13H2,1H3,(H,27,33)(H,28,32). The average molecular weight is 456 g/mol. The molecule has 5 rings (SSSR count). The van der Waals surface area contributed by atoms with Crippen LogP contribution in [-0.4, -0.2) is 26.6 Å². The number of carbonyl (C=O) groups excluding carboxylic acids is 2. The second kappa shape index (κ2) is 9.35. The maximum absolute atomic E-state index is 13.0. The van der Waals surface area contributed by atoms with Crippen LogP contribution in [0.25, 0.3) is 11.4 Å². The number of nitrogens with one attached hydrogen (secondary N) is 2. The number of nitrogens with zero attached hydrogens (tertiary/aromatic N) is 3. The molecule has 0 spiro atoms. The van der Waals surface area contributed by atoms with E-state index in [9.17, 15) is 9.59 Å². The third-order valence-electron chi connectivity index (χ3n) is 5.98. The summed E-state index contributed by atoms with van der Waals surface area (Å²) in [7, 11) is 0. The molecule has 0 bridgehead atoms. The third kappa shape index (κ3) is 4.47. The highest BCUT2D eigenvalue weighted by Gasteiger charge is 2.18. The number of fused-ring (bicyclic) bond motifs is 1. The van der Waals surface area contributed by atoms with Crippen LogP contribution in [0.5, 0.6) is 0 Å². The van der Waals surface area contributed by atoms with Crippen molar-refractivity contribution in [2.45, 2.75) is 39.2 Å². The van der Waals surface area contributed by atoms with Crippen molar-refractivity contribution in [1.82, 2.24) is 14.8 Å². The van der Waals surface area contributed by atoms with Crippen LogP contribution < -0.4 is 10.6 Å². The van der Waals surface area contributed by atoms with E-state index in [1.54, 1.807) is 36.4 Å². The zero-order valence-corrected chi connectivity index (χ0v) is 18.9. The Morgan fingerprint density at radius 2 is 1.85 bits per heavy atom. The summed E-state index contributed by atoms with van der Waals surface area (Å²) in [5, 5.41) is 14.6. The molecule has 4 aromatic rings. The molecule has 3 heterocycles. The SMILES string of the molecule is Cc1ccc(-c2nnc3n2CCCCC3)cc1NC(=O)c1cccc(NC(=O)c2ccco2)c1. The van der Waals surface area contributed by atoms with Crippen molar-refractivity contribution in [1.29, 1.82) is 0 Å². The van der Waals surface area contributed by atoms with E-state index in [0.29, 0.717) is 16.9 Å². The van der Waals surface area contributed by atoms with Crippen LogP contribution in [0, 0.1) is 6.92 Å². The van der Waals surface area contributed by atoms with Gasteiger partial charge in [0, 0.05) is 35.5 Å². The summed E-state index contributed by atoms with van der Waals surface area (Å²) in [5.74, 6) is 1.41. The molecule has 2 N–H and O–H groups in total. The maximum atomic E-state index is 13.0. The van der Waals surface area contributed by atoms with E-state index in [1.165, 1.54) is 12.7 Å². The minimum atomic E-state index is -0.376. The van der Waals surface area contributed by atoms with Gasteiger partial charge in [0.25, 0.3) is 11.8 Å². The van der Waals surface area contributed by atoms with Gasteiger partial charge in [-0.25, -0.2) is 0 Å². The number of carbonyl (C=O) groups is 2. The van der Waals surface area contributed by atoms with Crippen molar-refractivity contribution in [2.24, 2.45) is 0 Å². The van der Waals surface area contributed by atoms with Gasteiger partial charge < -0.3 is 19.6 Å². The summed E-state index contributed by atoms with van der Waals surface area (Å²) in [5.41, 5.74) is 3.50. The Morgan fingerprint density at radius 1 is 0.941 bits per heavy atom. The molecule has 2 amide bonds. The van der Waals surface area contributed by atoms with Crippen LogP contribution in [-0.2, 0) is 13.0 Å². The summed E-state index contributed by atoms with van der Waals surface area (Å²) in [4.78, 5) is 25.3. The molecule has 2 aromatic carbocycles. The lowest BCUT2D eigenvalue weighted by Gasteiger charge is -2.12. The van der Waals surface area contributed by atoms with Gasteiger partial charge in [-0.15, -0.1) is 10.2 Å². The van der Waals surface area contributed by atoms with Gasteiger partial charge in [-0.3, -0.25) is 9.59 Å². The number of furan rings is 1. The van der Waals surface area contributed by atoms with Gasteiger partial charge in [-0.1, -0.05) is 24.6 Å². The van der Waals surface area contributed by atoms with Crippen LogP contribution >= 0.6 is 0 Å². The molecule has 8 heteroatoms. The van der Waals surface area contributed by atoms with Gasteiger partial charge in [-0.2, -0.15) is 0 Å². The van der Waals surface area contributed by atoms with Crippen LogP contribution in [0.15, 0.2) is 65.3 Å². The lowest BCUT2D eigenvalue weighted by molar-refractivity contribution is 0.0993. The number of hydrogen-bond donors (Lipinski definition) is 2. The number of hydrogen-bond acceptors (Lipinski definition) is 5. The van der Waals surface area contributed by atoms with Gasteiger partial charge in [-0.05, 0) is 61.7 Å². The molecule has 0 saturated carbocycles. The summed E-state index contributed by atoms with van der Waals surface area (Å²) in [6.07, 6.45) is 5.81. The van der Waals surface area contributed by atoms with Crippen LogP contribution in [0.1, 0.15) is 51.6 Å². The second-order valence-corrected chi connectivity index (χ2v) is 8.40. The monoisotopic (exact) mass is 455 g/mol. The first kappa shape index (κ1) is 21.6. The normalized spacial score (nSPS) is 13.1. The number of aromatic nitrogens is 3. The largest absolute Gasteiger partial charge is 0.459 e. The fourth-order valence-electron chi connectivity index (χ4n) is 4.13. The van der Waals surface area contributed by atoms with Crippen LogP contribution in [0.4, 0.5) is 11.4 Å². The average Bonchev–Trinajstić information content (AvgIpc) is 3.46. The predicted octanol–water partition coefficient (Wildman–Crippen LogP) is 5.08. The number of benzene rings is 2. The highest BCUT2D eigenvalue weighted by Crippen LogP contribution is 2.27. The molecule has 0 saturated heterocycles. The lowest BCUT2D eigenvalue weighted by Crippen LogP contribution is -2.15. The van der Waals surface area contributed by atoms with Crippen molar-refractivity contribution >= 4 is 23.2 Å². The molecule has 0 aliphatic carbocycles. The molecule has 0 atom stereocenters. The van der Waals surface area contributed by atoms with Crippen molar-refractivity contribution in [2.75, 3.05) is 10.6 Å². The Balaban J connectivity index is 1.35. The quantitative estimate of drug-likeness (QED) is 0.437.